The lowest BCUT2D eigenvalue weighted by Gasteiger charge is -2.28. The van der Waals surface area contributed by atoms with E-state index < -0.39 is 0 Å². The molecule has 9 heteroatoms. The summed E-state index contributed by atoms with van der Waals surface area (Å²) in [6.45, 7) is 6.07. The summed E-state index contributed by atoms with van der Waals surface area (Å²) in [7, 11) is 0. The molecule has 3 N–H and O–H groups in total. The van der Waals surface area contributed by atoms with Gasteiger partial charge in [-0.3, -0.25) is 5.32 Å². The topological polar surface area (TPSA) is 91.4 Å². The van der Waals surface area contributed by atoms with Gasteiger partial charge in [-0.1, -0.05) is 0 Å². The lowest BCUT2D eigenvalue weighted by Crippen LogP contribution is -2.37. The zero-order valence-electron chi connectivity index (χ0n) is 14.1. The number of nitrogens with zero attached hydrogens (tertiary/aromatic N) is 3. The van der Waals surface area contributed by atoms with E-state index in [4.69, 9.17) is 4.74 Å². The molecule has 8 nitrogen and oxygen atoms in total. The third-order valence-electron chi connectivity index (χ3n) is 3.63. The first-order valence-electron chi connectivity index (χ1n) is 8.21. The fraction of sp³-hybridized carbons (Fsp3) is 0.438. The molecule has 1 fully saturated rings. The Bertz CT molecular complexity index is 688. The zero-order chi connectivity index (χ0) is 17.5. The molecule has 1 aliphatic heterocycles. The standard InChI is InChI=1S/C16H22N6O2S/c1-12-11-13(22-6-8-24-9-7-22)20-15(19-12)17-4-5-18-16(23)21-14-3-2-10-25-14/h2-3,10-11H,4-9H2,1H3,(H,17,19,20)(H2,18,21,23). The van der Waals surface area contributed by atoms with E-state index in [1.165, 1.54) is 11.3 Å². The smallest absolute Gasteiger partial charge is 0.319 e. The number of urea groups is 1. The van der Waals surface area contributed by atoms with Crippen LogP contribution in [0.5, 0.6) is 0 Å². The number of carbonyl (C=O) groups is 1. The van der Waals surface area contributed by atoms with Crippen molar-refractivity contribution in [1.82, 2.24) is 15.3 Å². The summed E-state index contributed by atoms with van der Waals surface area (Å²) in [5.41, 5.74) is 0.905. The summed E-state index contributed by atoms with van der Waals surface area (Å²) < 4.78 is 5.37. The second-order valence-corrected chi connectivity index (χ2v) is 6.52. The summed E-state index contributed by atoms with van der Waals surface area (Å²) in [4.78, 5) is 22.9. The molecule has 0 aromatic carbocycles. The summed E-state index contributed by atoms with van der Waals surface area (Å²) in [5.74, 6) is 1.48. The third kappa shape index (κ3) is 5.30. The Morgan fingerprint density at radius 2 is 2.16 bits per heavy atom. The highest BCUT2D eigenvalue weighted by Crippen LogP contribution is 2.16. The summed E-state index contributed by atoms with van der Waals surface area (Å²) >= 11 is 1.48. The van der Waals surface area contributed by atoms with Crippen molar-refractivity contribution >= 4 is 34.1 Å². The molecule has 2 amide bonds. The first kappa shape index (κ1) is 17.4. The van der Waals surface area contributed by atoms with Crippen molar-refractivity contribution < 1.29 is 9.53 Å². The molecule has 2 aromatic heterocycles. The molecule has 3 rings (SSSR count). The molecule has 0 aliphatic carbocycles. The number of anilines is 3. The number of thiophene rings is 1. The maximum atomic E-state index is 11.7. The van der Waals surface area contributed by atoms with Gasteiger partial charge in [-0.25, -0.2) is 9.78 Å². The summed E-state index contributed by atoms with van der Waals surface area (Å²) in [5, 5.41) is 11.5. The van der Waals surface area contributed by atoms with E-state index in [2.05, 4.69) is 30.8 Å². The minimum Gasteiger partial charge on any atom is -0.378 e. The van der Waals surface area contributed by atoms with Crippen molar-refractivity contribution in [2.24, 2.45) is 0 Å². The van der Waals surface area contributed by atoms with E-state index in [1.54, 1.807) is 0 Å². The number of rotatable bonds is 6. The minimum atomic E-state index is -0.219. The lowest BCUT2D eigenvalue weighted by molar-refractivity contribution is 0.122. The Hall–Kier alpha value is -2.39. The average molecular weight is 362 g/mol. The number of ether oxygens (including phenoxy) is 1. The molecule has 0 saturated carbocycles. The number of aryl methyl sites for hydroxylation is 1. The molecule has 0 radical (unpaired) electrons. The van der Waals surface area contributed by atoms with Gasteiger partial charge in [0.25, 0.3) is 0 Å². The average Bonchev–Trinajstić information content (AvgIpc) is 3.12. The fourth-order valence-electron chi connectivity index (χ4n) is 2.44. The molecular formula is C16H22N6O2S. The SMILES string of the molecule is Cc1cc(N2CCOCC2)nc(NCCNC(=O)Nc2cccs2)n1. The van der Waals surface area contributed by atoms with Crippen LogP contribution in [0.4, 0.5) is 21.6 Å². The second kappa shape index (κ2) is 8.63. The molecule has 0 bridgehead atoms. The van der Waals surface area contributed by atoms with Gasteiger partial charge in [-0.2, -0.15) is 4.98 Å². The lowest BCUT2D eigenvalue weighted by atomic mass is 10.3. The predicted octanol–water partition coefficient (Wildman–Crippen LogP) is 1.92. The molecule has 1 saturated heterocycles. The number of aromatic nitrogens is 2. The van der Waals surface area contributed by atoms with Gasteiger partial charge in [0.2, 0.25) is 5.95 Å². The van der Waals surface area contributed by atoms with E-state index in [0.717, 1.165) is 42.8 Å². The Labute approximate surface area is 150 Å². The van der Waals surface area contributed by atoms with Crippen LogP contribution in [0, 0.1) is 6.92 Å². The molecule has 3 heterocycles. The Kier molecular flexibility index (Phi) is 6.02. The Morgan fingerprint density at radius 3 is 2.92 bits per heavy atom. The van der Waals surface area contributed by atoms with Gasteiger partial charge in [0, 0.05) is 37.9 Å². The molecule has 25 heavy (non-hydrogen) atoms. The number of hydrogen-bond acceptors (Lipinski definition) is 7. The van der Waals surface area contributed by atoms with Crippen LogP contribution in [-0.4, -0.2) is 55.4 Å². The van der Waals surface area contributed by atoms with Crippen molar-refractivity contribution in [2.75, 3.05) is 54.9 Å². The number of carbonyl (C=O) groups excluding carboxylic acids is 1. The highest BCUT2D eigenvalue weighted by molar-refractivity contribution is 7.14. The van der Waals surface area contributed by atoms with E-state index in [0.29, 0.717) is 19.0 Å². The van der Waals surface area contributed by atoms with Crippen LogP contribution < -0.4 is 20.9 Å². The predicted molar refractivity (Wildman–Crippen MR) is 99.6 cm³/mol. The van der Waals surface area contributed by atoms with Crippen molar-refractivity contribution in [1.29, 1.82) is 0 Å². The number of amides is 2. The second-order valence-electron chi connectivity index (χ2n) is 5.58. The van der Waals surface area contributed by atoms with E-state index >= 15 is 0 Å². The van der Waals surface area contributed by atoms with Crippen LogP contribution in [0.3, 0.4) is 0 Å². The van der Waals surface area contributed by atoms with E-state index in [9.17, 15) is 4.79 Å². The molecule has 0 spiro atoms. The maximum absolute atomic E-state index is 11.7. The Balaban J connectivity index is 1.46. The quantitative estimate of drug-likeness (QED) is 0.680. The summed E-state index contributed by atoms with van der Waals surface area (Å²) in [6.07, 6.45) is 0. The van der Waals surface area contributed by atoms with Crippen LogP contribution in [0.1, 0.15) is 5.69 Å². The number of nitrogens with one attached hydrogen (secondary N) is 3. The van der Waals surface area contributed by atoms with Crippen molar-refractivity contribution in [3.63, 3.8) is 0 Å². The van der Waals surface area contributed by atoms with Gasteiger partial charge in [0.05, 0.1) is 18.2 Å². The summed E-state index contributed by atoms with van der Waals surface area (Å²) in [6, 6.07) is 5.51. The van der Waals surface area contributed by atoms with Crippen molar-refractivity contribution in [3.8, 4) is 0 Å². The Morgan fingerprint density at radius 1 is 1.32 bits per heavy atom. The molecule has 2 aromatic rings. The van der Waals surface area contributed by atoms with Crippen LogP contribution in [0.15, 0.2) is 23.6 Å². The number of hydrogen-bond donors (Lipinski definition) is 3. The van der Waals surface area contributed by atoms with Gasteiger partial charge in [0.15, 0.2) is 0 Å². The van der Waals surface area contributed by atoms with Crippen molar-refractivity contribution in [3.05, 3.63) is 29.3 Å². The largest absolute Gasteiger partial charge is 0.378 e. The van der Waals surface area contributed by atoms with E-state index in [1.807, 2.05) is 30.5 Å². The highest BCUT2D eigenvalue weighted by Gasteiger charge is 2.14. The van der Waals surface area contributed by atoms with Crippen molar-refractivity contribution in [2.45, 2.75) is 6.92 Å². The highest BCUT2D eigenvalue weighted by atomic mass is 32.1. The molecule has 0 unspecified atom stereocenters. The molecule has 0 atom stereocenters. The van der Waals surface area contributed by atoms with E-state index in [-0.39, 0.29) is 6.03 Å². The third-order valence-corrected chi connectivity index (χ3v) is 4.41. The first-order chi connectivity index (χ1) is 12.2. The van der Waals surface area contributed by atoms with Gasteiger partial charge in [-0.15, -0.1) is 11.3 Å². The zero-order valence-corrected chi connectivity index (χ0v) is 14.9. The monoisotopic (exact) mass is 362 g/mol. The van der Waals surface area contributed by atoms with Crippen LogP contribution in [0.25, 0.3) is 0 Å². The van der Waals surface area contributed by atoms with Crippen LogP contribution in [-0.2, 0) is 4.74 Å². The minimum absolute atomic E-state index is 0.219. The molecular weight excluding hydrogens is 340 g/mol. The van der Waals surface area contributed by atoms with Gasteiger partial charge >= 0.3 is 6.03 Å². The van der Waals surface area contributed by atoms with Gasteiger partial charge < -0.3 is 20.3 Å². The van der Waals surface area contributed by atoms with Crippen LogP contribution >= 0.6 is 11.3 Å². The molecule has 134 valence electrons. The number of morpholine rings is 1. The maximum Gasteiger partial charge on any atom is 0.319 e. The fourth-order valence-corrected chi connectivity index (χ4v) is 3.05. The van der Waals surface area contributed by atoms with Crippen LogP contribution in [0.2, 0.25) is 0 Å². The van der Waals surface area contributed by atoms with Gasteiger partial charge in [-0.05, 0) is 24.4 Å². The first-order valence-corrected chi connectivity index (χ1v) is 9.09. The molecule has 1 aliphatic rings. The normalized spacial score (nSPS) is 14.2. The van der Waals surface area contributed by atoms with Gasteiger partial charge in [0.1, 0.15) is 5.82 Å².